The fourth-order valence-corrected chi connectivity index (χ4v) is 4.90. The molecule has 1 aliphatic heterocycles. The lowest BCUT2D eigenvalue weighted by atomic mass is 10.2. The maximum absolute atomic E-state index is 13.0. The molecule has 0 amide bonds. The fraction of sp³-hybridized carbons (Fsp3) is 0.333. The number of fused-ring (bicyclic) bond motifs is 1. The zero-order valence-corrected chi connectivity index (χ0v) is 18.3. The predicted octanol–water partition coefficient (Wildman–Crippen LogP) is 3.62. The van der Waals surface area contributed by atoms with Gasteiger partial charge in [-0.3, -0.25) is 9.62 Å². The summed E-state index contributed by atoms with van der Waals surface area (Å²) in [5.74, 6) is 0.785. The molecule has 0 spiro atoms. The van der Waals surface area contributed by atoms with Crippen LogP contribution in [-0.4, -0.2) is 56.0 Å². The summed E-state index contributed by atoms with van der Waals surface area (Å²) in [5.41, 5.74) is 1.36. The van der Waals surface area contributed by atoms with Gasteiger partial charge in [0.2, 0.25) is 0 Å². The van der Waals surface area contributed by atoms with Crippen molar-refractivity contribution in [3.05, 3.63) is 53.6 Å². The lowest BCUT2D eigenvalue weighted by Gasteiger charge is -2.35. The lowest BCUT2D eigenvalue weighted by molar-refractivity contribution is 0.258. The van der Waals surface area contributed by atoms with E-state index in [1.165, 1.54) is 12.1 Å². The zero-order valence-electron chi connectivity index (χ0n) is 16.8. The van der Waals surface area contributed by atoms with Crippen molar-refractivity contribution in [3.63, 3.8) is 0 Å². The number of benzene rings is 2. The van der Waals surface area contributed by atoms with Gasteiger partial charge in [0.25, 0.3) is 10.0 Å². The van der Waals surface area contributed by atoms with E-state index in [0.29, 0.717) is 16.4 Å². The minimum Gasteiger partial charge on any atom is -0.351 e. The fourth-order valence-electron chi connectivity index (χ4n) is 3.60. The summed E-state index contributed by atoms with van der Waals surface area (Å²) >= 11 is 5.99. The summed E-state index contributed by atoms with van der Waals surface area (Å²) in [6, 6.07) is 13.6. The minimum atomic E-state index is -3.86. The highest BCUT2D eigenvalue weighted by Gasteiger charge is 2.24. The van der Waals surface area contributed by atoms with Crippen molar-refractivity contribution in [1.82, 2.24) is 14.9 Å². The molecule has 9 heteroatoms. The first kappa shape index (κ1) is 20.8. The van der Waals surface area contributed by atoms with Gasteiger partial charge in [0.05, 0.1) is 15.9 Å². The van der Waals surface area contributed by atoms with Gasteiger partial charge in [-0.05, 0) is 43.3 Å². The molecule has 1 fully saturated rings. The third-order valence-electron chi connectivity index (χ3n) is 5.10. The van der Waals surface area contributed by atoms with Gasteiger partial charge in [0.15, 0.2) is 11.6 Å². The number of halogens is 1. The van der Waals surface area contributed by atoms with Crippen molar-refractivity contribution in [2.45, 2.75) is 18.2 Å². The van der Waals surface area contributed by atoms with Crippen molar-refractivity contribution < 1.29 is 8.42 Å². The second kappa shape index (κ2) is 8.75. The van der Waals surface area contributed by atoms with Crippen LogP contribution in [0.5, 0.6) is 0 Å². The van der Waals surface area contributed by atoms with Crippen LogP contribution in [0, 0.1) is 0 Å². The number of aromatic nitrogens is 2. The zero-order chi connectivity index (χ0) is 21.1. The van der Waals surface area contributed by atoms with Crippen LogP contribution in [0.3, 0.4) is 0 Å². The molecule has 1 N–H and O–H groups in total. The van der Waals surface area contributed by atoms with E-state index in [1.54, 1.807) is 12.1 Å². The Labute approximate surface area is 181 Å². The Bertz CT molecular complexity index is 1150. The summed E-state index contributed by atoms with van der Waals surface area (Å²) in [7, 11) is -3.86. The van der Waals surface area contributed by atoms with E-state index in [9.17, 15) is 8.42 Å². The number of anilines is 2. The SMILES string of the molecule is CCCN1CCN(c2nc3ccccc3nc2NS(=O)(=O)c2cccc(Cl)c2)CC1. The average molecular weight is 446 g/mol. The summed E-state index contributed by atoms with van der Waals surface area (Å²) in [6.45, 7) is 6.57. The predicted molar refractivity (Wildman–Crippen MR) is 121 cm³/mol. The first-order valence-electron chi connectivity index (χ1n) is 9.99. The van der Waals surface area contributed by atoms with Crippen LogP contribution in [0.15, 0.2) is 53.4 Å². The third kappa shape index (κ3) is 4.50. The molecule has 0 atom stereocenters. The summed E-state index contributed by atoms with van der Waals surface area (Å²) in [5, 5.41) is 0.356. The monoisotopic (exact) mass is 445 g/mol. The van der Waals surface area contributed by atoms with E-state index in [-0.39, 0.29) is 10.7 Å². The smallest absolute Gasteiger partial charge is 0.263 e. The molecule has 0 unspecified atom stereocenters. The molecule has 0 radical (unpaired) electrons. The van der Waals surface area contributed by atoms with Gasteiger partial charge in [0, 0.05) is 31.2 Å². The van der Waals surface area contributed by atoms with Crippen LogP contribution in [0.4, 0.5) is 11.6 Å². The molecular weight excluding hydrogens is 422 g/mol. The van der Waals surface area contributed by atoms with Crippen LogP contribution in [0.25, 0.3) is 11.0 Å². The van der Waals surface area contributed by atoms with Crippen molar-refractivity contribution in [1.29, 1.82) is 0 Å². The van der Waals surface area contributed by atoms with Gasteiger partial charge in [-0.1, -0.05) is 36.7 Å². The topological polar surface area (TPSA) is 78.4 Å². The number of rotatable bonds is 6. The number of para-hydroxylation sites is 2. The molecule has 158 valence electrons. The number of hydrogen-bond donors (Lipinski definition) is 1. The van der Waals surface area contributed by atoms with Gasteiger partial charge >= 0.3 is 0 Å². The molecule has 2 aromatic carbocycles. The van der Waals surface area contributed by atoms with Crippen molar-refractivity contribution in [2.75, 3.05) is 42.3 Å². The van der Waals surface area contributed by atoms with Gasteiger partial charge in [-0.15, -0.1) is 0 Å². The molecule has 1 saturated heterocycles. The van der Waals surface area contributed by atoms with Gasteiger partial charge in [-0.2, -0.15) is 0 Å². The number of nitrogens with zero attached hydrogens (tertiary/aromatic N) is 4. The van der Waals surface area contributed by atoms with Crippen LogP contribution >= 0.6 is 11.6 Å². The maximum Gasteiger partial charge on any atom is 0.263 e. The molecule has 0 bridgehead atoms. The molecule has 1 aliphatic rings. The quantitative estimate of drug-likeness (QED) is 0.624. The molecule has 30 heavy (non-hydrogen) atoms. The van der Waals surface area contributed by atoms with Crippen LogP contribution in [0.1, 0.15) is 13.3 Å². The molecule has 2 heterocycles. The van der Waals surface area contributed by atoms with E-state index in [2.05, 4.69) is 26.4 Å². The highest BCUT2D eigenvalue weighted by Crippen LogP contribution is 2.28. The van der Waals surface area contributed by atoms with Crippen molar-refractivity contribution in [3.8, 4) is 0 Å². The first-order valence-corrected chi connectivity index (χ1v) is 11.8. The summed E-state index contributed by atoms with van der Waals surface area (Å²) < 4.78 is 28.6. The van der Waals surface area contributed by atoms with Gasteiger partial charge in [0.1, 0.15) is 0 Å². The minimum absolute atomic E-state index is 0.0867. The second-order valence-electron chi connectivity index (χ2n) is 7.28. The highest BCUT2D eigenvalue weighted by molar-refractivity contribution is 7.92. The Kier molecular flexibility index (Phi) is 6.08. The largest absolute Gasteiger partial charge is 0.351 e. The Morgan fingerprint density at radius 1 is 1.00 bits per heavy atom. The number of piperazine rings is 1. The number of hydrogen-bond acceptors (Lipinski definition) is 6. The van der Waals surface area contributed by atoms with E-state index in [0.717, 1.165) is 44.7 Å². The number of nitrogens with one attached hydrogen (secondary N) is 1. The third-order valence-corrected chi connectivity index (χ3v) is 6.67. The standard InChI is InChI=1S/C21H24ClN5O2S/c1-2-10-26-11-13-27(14-12-26)21-20(23-18-8-3-4-9-19(18)24-21)25-30(28,29)17-7-5-6-16(22)15-17/h3-9,15H,2,10-14H2,1H3,(H,23,25). The van der Waals surface area contributed by atoms with Crippen LogP contribution < -0.4 is 9.62 Å². The Hall–Kier alpha value is -2.42. The molecule has 0 aliphatic carbocycles. The molecule has 3 aromatic rings. The van der Waals surface area contributed by atoms with Gasteiger partial charge < -0.3 is 4.90 Å². The van der Waals surface area contributed by atoms with Gasteiger partial charge in [-0.25, -0.2) is 18.4 Å². The molecular formula is C21H24ClN5O2S. The van der Waals surface area contributed by atoms with E-state index >= 15 is 0 Å². The summed E-state index contributed by atoms with van der Waals surface area (Å²) in [6.07, 6.45) is 1.11. The lowest BCUT2D eigenvalue weighted by Crippen LogP contribution is -2.47. The van der Waals surface area contributed by atoms with E-state index in [1.807, 2.05) is 24.3 Å². The second-order valence-corrected chi connectivity index (χ2v) is 9.39. The molecule has 1 aromatic heterocycles. The van der Waals surface area contributed by atoms with Crippen molar-refractivity contribution in [2.24, 2.45) is 0 Å². The van der Waals surface area contributed by atoms with E-state index in [4.69, 9.17) is 16.6 Å². The highest BCUT2D eigenvalue weighted by atomic mass is 35.5. The maximum atomic E-state index is 13.0. The van der Waals surface area contributed by atoms with E-state index < -0.39 is 10.0 Å². The molecule has 0 saturated carbocycles. The Morgan fingerprint density at radius 2 is 1.70 bits per heavy atom. The normalized spacial score (nSPS) is 15.5. The van der Waals surface area contributed by atoms with Crippen LogP contribution in [0.2, 0.25) is 5.02 Å². The Balaban J connectivity index is 1.70. The average Bonchev–Trinajstić information content (AvgIpc) is 2.74. The molecule has 7 nitrogen and oxygen atoms in total. The Morgan fingerprint density at radius 3 is 2.37 bits per heavy atom. The van der Waals surface area contributed by atoms with Crippen molar-refractivity contribution >= 4 is 44.3 Å². The molecule has 4 rings (SSSR count). The van der Waals surface area contributed by atoms with Crippen LogP contribution in [-0.2, 0) is 10.0 Å². The first-order chi connectivity index (χ1) is 14.5. The number of sulfonamides is 1. The summed E-state index contributed by atoms with van der Waals surface area (Å²) in [4.78, 5) is 13.9.